The van der Waals surface area contributed by atoms with Crippen LogP contribution < -0.4 is 29.1 Å². The first kappa shape index (κ1) is 23.3. The van der Waals surface area contributed by atoms with Gasteiger partial charge in [-0.25, -0.2) is 4.99 Å². The highest BCUT2D eigenvalue weighted by Crippen LogP contribution is 2.41. The standard InChI is InChI=1S/C30H26N2O4S/c1-34-21-12-8-19(9-13-21)28-24-15-11-18-6-4-5-7-23(18)27(24)31-30-32(28)29(33)26(37-30)16-20-10-14-22(35-2)17-25(20)36-3/h4-10,12-14,16-17,28H,11,15H2,1-3H3/b26-16+/t28-/m0/s1. The molecular formula is C30H26N2O4S. The molecule has 2 heterocycles. The number of ether oxygens (including phenoxy) is 3. The van der Waals surface area contributed by atoms with Gasteiger partial charge in [0, 0.05) is 17.2 Å². The number of methoxy groups -OCH3 is 3. The van der Waals surface area contributed by atoms with Crippen molar-refractivity contribution in [1.29, 1.82) is 0 Å². The molecule has 6 rings (SSSR count). The highest BCUT2D eigenvalue weighted by molar-refractivity contribution is 7.07. The van der Waals surface area contributed by atoms with Crippen molar-refractivity contribution in [2.45, 2.75) is 18.9 Å². The van der Waals surface area contributed by atoms with Gasteiger partial charge in [0.25, 0.3) is 5.56 Å². The summed E-state index contributed by atoms with van der Waals surface area (Å²) in [5.41, 5.74) is 6.38. The van der Waals surface area contributed by atoms with E-state index in [4.69, 9.17) is 19.2 Å². The van der Waals surface area contributed by atoms with Crippen molar-refractivity contribution in [3.63, 3.8) is 0 Å². The van der Waals surface area contributed by atoms with Crippen LogP contribution in [0.4, 0.5) is 0 Å². The maximum absolute atomic E-state index is 13.9. The number of hydrogen-bond donors (Lipinski definition) is 0. The van der Waals surface area contributed by atoms with Gasteiger partial charge in [-0.05, 0) is 59.9 Å². The van der Waals surface area contributed by atoms with Gasteiger partial charge in [0.15, 0.2) is 4.80 Å². The van der Waals surface area contributed by atoms with E-state index in [0.717, 1.165) is 41.0 Å². The molecule has 0 amide bonds. The second-order valence-corrected chi connectivity index (χ2v) is 10.0. The Bertz CT molecular complexity index is 1710. The summed E-state index contributed by atoms with van der Waals surface area (Å²) in [7, 11) is 4.89. The molecule has 1 atom stereocenters. The molecule has 0 radical (unpaired) electrons. The van der Waals surface area contributed by atoms with Gasteiger partial charge in [0.2, 0.25) is 0 Å². The molecule has 186 valence electrons. The summed E-state index contributed by atoms with van der Waals surface area (Å²) in [6.07, 6.45) is 3.65. The van der Waals surface area contributed by atoms with Crippen LogP contribution in [-0.4, -0.2) is 25.9 Å². The Morgan fingerprint density at radius 1 is 0.919 bits per heavy atom. The molecule has 0 unspecified atom stereocenters. The van der Waals surface area contributed by atoms with Crippen molar-refractivity contribution in [2.24, 2.45) is 4.99 Å². The summed E-state index contributed by atoms with van der Waals surface area (Å²) >= 11 is 1.40. The van der Waals surface area contributed by atoms with Crippen molar-refractivity contribution in [3.8, 4) is 17.2 Å². The van der Waals surface area contributed by atoms with Gasteiger partial charge in [-0.2, -0.15) is 0 Å². The van der Waals surface area contributed by atoms with Crippen molar-refractivity contribution < 1.29 is 14.2 Å². The second kappa shape index (κ2) is 9.41. The Morgan fingerprint density at radius 3 is 2.43 bits per heavy atom. The summed E-state index contributed by atoms with van der Waals surface area (Å²) in [6.45, 7) is 0. The first-order chi connectivity index (χ1) is 18.1. The van der Waals surface area contributed by atoms with Crippen molar-refractivity contribution in [1.82, 2.24) is 4.57 Å². The van der Waals surface area contributed by atoms with Crippen LogP contribution in [0.5, 0.6) is 17.2 Å². The first-order valence-corrected chi connectivity index (χ1v) is 12.9. The Balaban J connectivity index is 1.59. The number of aromatic nitrogens is 1. The molecule has 0 N–H and O–H groups in total. The SMILES string of the molecule is COc1ccc([C@H]2C3=C(N=c4s/c(=C/c5ccc(OC)cc5OC)c(=O)n42)c2ccccc2CC3)cc1. The summed E-state index contributed by atoms with van der Waals surface area (Å²) in [5, 5.41) is 0. The Morgan fingerprint density at radius 2 is 1.68 bits per heavy atom. The number of aryl methyl sites for hydroxylation is 1. The highest BCUT2D eigenvalue weighted by atomic mass is 32.1. The third-order valence-corrected chi connectivity index (χ3v) is 8.01. The number of benzene rings is 3. The summed E-state index contributed by atoms with van der Waals surface area (Å²) in [5.74, 6) is 2.12. The zero-order valence-electron chi connectivity index (χ0n) is 20.9. The van der Waals surface area contributed by atoms with Crippen LogP contribution in [-0.2, 0) is 6.42 Å². The first-order valence-electron chi connectivity index (χ1n) is 12.1. The van der Waals surface area contributed by atoms with Gasteiger partial charge in [-0.1, -0.05) is 47.7 Å². The minimum Gasteiger partial charge on any atom is -0.497 e. The molecule has 0 bridgehead atoms. The van der Waals surface area contributed by atoms with E-state index in [2.05, 4.69) is 24.3 Å². The van der Waals surface area contributed by atoms with Gasteiger partial charge in [0.1, 0.15) is 17.2 Å². The van der Waals surface area contributed by atoms with Gasteiger partial charge >= 0.3 is 0 Å². The molecule has 1 aliphatic carbocycles. The monoisotopic (exact) mass is 510 g/mol. The van der Waals surface area contributed by atoms with E-state index in [0.29, 0.717) is 20.8 Å². The smallest absolute Gasteiger partial charge is 0.271 e. The molecule has 2 aliphatic rings. The lowest BCUT2D eigenvalue weighted by Gasteiger charge is -2.30. The normalized spacial score (nSPS) is 16.4. The third kappa shape index (κ3) is 3.96. The van der Waals surface area contributed by atoms with E-state index in [-0.39, 0.29) is 11.6 Å². The minimum absolute atomic E-state index is 0.0622. The fraction of sp³-hybridized carbons (Fsp3) is 0.200. The lowest BCUT2D eigenvalue weighted by Crippen LogP contribution is -2.38. The molecule has 4 aromatic rings. The molecule has 7 heteroatoms. The molecule has 3 aromatic carbocycles. The molecule has 1 aromatic heterocycles. The van der Waals surface area contributed by atoms with Crippen LogP contribution in [0, 0.1) is 0 Å². The molecule has 0 spiro atoms. The minimum atomic E-state index is -0.231. The zero-order valence-corrected chi connectivity index (χ0v) is 21.7. The molecule has 37 heavy (non-hydrogen) atoms. The van der Waals surface area contributed by atoms with E-state index in [1.165, 1.54) is 22.5 Å². The fourth-order valence-corrected chi connectivity index (χ4v) is 6.18. The fourth-order valence-electron chi connectivity index (χ4n) is 5.19. The van der Waals surface area contributed by atoms with Crippen LogP contribution in [0.15, 0.2) is 82.1 Å². The number of thiazole rings is 1. The van der Waals surface area contributed by atoms with E-state index < -0.39 is 0 Å². The van der Waals surface area contributed by atoms with E-state index >= 15 is 0 Å². The topological polar surface area (TPSA) is 62.0 Å². The molecule has 0 saturated carbocycles. The van der Waals surface area contributed by atoms with E-state index in [1.54, 1.807) is 21.3 Å². The Hall–Kier alpha value is -4.10. The summed E-state index contributed by atoms with van der Waals surface area (Å²) in [6, 6.07) is 21.8. The van der Waals surface area contributed by atoms with Gasteiger partial charge in [-0.15, -0.1) is 0 Å². The van der Waals surface area contributed by atoms with Crippen LogP contribution in [0.1, 0.15) is 34.7 Å². The van der Waals surface area contributed by atoms with Crippen molar-refractivity contribution in [3.05, 3.63) is 114 Å². The molecule has 0 fully saturated rings. The summed E-state index contributed by atoms with van der Waals surface area (Å²) in [4.78, 5) is 19.7. The summed E-state index contributed by atoms with van der Waals surface area (Å²) < 4.78 is 18.7. The molecular weight excluding hydrogens is 484 g/mol. The van der Waals surface area contributed by atoms with Gasteiger partial charge in [-0.3, -0.25) is 9.36 Å². The van der Waals surface area contributed by atoms with Crippen LogP contribution in [0.2, 0.25) is 0 Å². The molecule has 0 saturated heterocycles. The van der Waals surface area contributed by atoms with Gasteiger partial charge < -0.3 is 14.2 Å². The average Bonchev–Trinajstić information content (AvgIpc) is 3.26. The Kier molecular flexibility index (Phi) is 5.93. The number of rotatable bonds is 5. The van der Waals surface area contributed by atoms with E-state index in [1.807, 2.05) is 53.1 Å². The Labute approximate surface area is 218 Å². The van der Waals surface area contributed by atoms with Crippen LogP contribution >= 0.6 is 11.3 Å². The lowest BCUT2D eigenvalue weighted by molar-refractivity contribution is 0.393. The number of allylic oxidation sites excluding steroid dienone is 1. The zero-order chi connectivity index (χ0) is 25.5. The highest BCUT2D eigenvalue weighted by Gasteiger charge is 2.32. The number of fused-ring (bicyclic) bond motifs is 3. The van der Waals surface area contributed by atoms with E-state index in [9.17, 15) is 4.79 Å². The predicted octanol–water partition coefficient (Wildman–Crippen LogP) is 4.34. The third-order valence-electron chi connectivity index (χ3n) is 7.03. The maximum atomic E-state index is 13.9. The second-order valence-electron chi connectivity index (χ2n) is 8.99. The number of nitrogens with zero attached hydrogens (tertiary/aromatic N) is 2. The lowest BCUT2D eigenvalue weighted by atomic mass is 9.83. The average molecular weight is 511 g/mol. The quantitative estimate of drug-likeness (QED) is 0.401. The number of hydrogen-bond acceptors (Lipinski definition) is 6. The largest absolute Gasteiger partial charge is 0.497 e. The van der Waals surface area contributed by atoms with Crippen LogP contribution in [0.3, 0.4) is 0 Å². The molecule has 6 nitrogen and oxygen atoms in total. The maximum Gasteiger partial charge on any atom is 0.271 e. The molecule has 1 aliphatic heterocycles. The van der Waals surface area contributed by atoms with Crippen molar-refractivity contribution in [2.75, 3.05) is 21.3 Å². The predicted molar refractivity (Wildman–Crippen MR) is 145 cm³/mol. The van der Waals surface area contributed by atoms with Gasteiger partial charge in [0.05, 0.1) is 37.6 Å². The van der Waals surface area contributed by atoms with Crippen molar-refractivity contribution >= 4 is 23.1 Å². The van der Waals surface area contributed by atoms with Crippen LogP contribution in [0.25, 0.3) is 11.8 Å².